The fourth-order valence-corrected chi connectivity index (χ4v) is 2.96. The van der Waals surface area contributed by atoms with Crippen LogP contribution in [0.5, 0.6) is 0 Å². The molecule has 3 N–H and O–H groups in total. The summed E-state index contributed by atoms with van der Waals surface area (Å²) in [4.78, 5) is 12.3. The number of halogens is 1. The predicted octanol–water partition coefficient (Wildman–Crippen LogP) is 3.21. The minimum atomic E-state index is -0.792. The Labute approximate surface area is 155 Å². The highest BCUT2D eigenvalue weighted by Crippen LogP contribution is 2.21. The zero-order valence-corrected chi connectivity index (χ0v) is 15.3. The van der Waals surface area contributed by atoms with Crippen molar-refractivity contribution in [2.45, 2.75) is 31.8 Å². The maximum absolute atomic E-state index is 12.3. The largest absolute Gasteiger partial charge is 0.381 e. The highest BCUT2D eigenvalue weighted by molar-refractivity contribution is 5.86. The number of benzene rings is 2. The number of nitrogens with two attached hydrogens (primary N) is 1. The Balaban J connectivity index is 0.00000225. The van der Waals surface area contributed by atoms with Crippen LogP contribution >= 0.6 is 12.4 Å². The van der Waals surface area contributed by atoms with Crippen molar-refractivity contribution in [3.8, 4) is 11.1 Å². The van der Waals surface area contributed by atoms with Gasteiger partial charge in [-0.25, -0.2) is 0 Å². The lowest BCUT2D eigenvalue weighted by Gasteiger charge is -2.31. The molecule has 25 heavy (non-hydrogen) atoms. The normalized spacial score (nSPS) is 15.9. The lowest BCUT2D eigenvalue weighted by Crippen LogP contribution is -2.56. The molecule has 1 fully saturated rings. The second-order valence-corrected chi connectivity index (χ2v) is 6.52. The van der Waals surface area contributed by atoms with E-state index in [2.05, 4.69) is 48.6 Å². The van der Waals surface area contributed by atoms with Gasteiger partial charge in [0.2, 0.25) is 5.91 Å². The van der Waals surface area contributed by atoms with Gasteiger partial charge in [0, 0.05) is 19.8 Å². The monoisotopic (exact) mass is 360 g/mol. The second kappa shape index (κ2) is 8.48. The SMILES string of the molecule is Cc1cccc(-c2ccc(CNC(=O)C3(N)CCOCC3)cc2)c1.Cl. The van der Waals surface area contributed by atoms with Crippen LogP contribution in [-0.4, -0.2) is 24.7 Å². The molecule has 1 saturated heterocycles. The summed E-state index contributed by atoms with van der Waals surface area (Å²) in [5.74, 6) is -0.0893. The average molecular weight is 361 g/mol. The first-order chi connectivity index (χ1) is 11.6. The Kier molecular flexibility index (Phi) is 6.59. The van der Waals surface area contributed by atoms with E-state index in [1.54, 1.807) is 0 Å². The van der Waals surface area contributed by atoms with Crippen molar-refractivity contribution in [3.63, 3.8) is 0 Å². The van der Waals surface area contributed by atoms with Crippen LogP contribution in [0.25, 0.3) is 11.1 Å². The van der Waals surface area contributed by atoms with Crippen molar-refractivity contribution in [1.29, 1.82) is 0 Å². The van der Waals surface area contributed by atoms with Crippen molar-refractivity contribution in [3.05, 3.63) is 59.7 Å². The van der Waals surface area contributed by atoms with Crippen molar-refractivity contribution in [2.75, 3.05) is 13.2 Å². The van der Waals surface area contributed by atoms with Crippen LogP contribution in [0.4, 0.5) is 0 Å². The fourth-order valence-electron chi connectivity index (χ4n) is 2.96. The molecule has 1 aliphatic rings. The average Bonchev–Trinajstić information content (AvgIpc) is 2.61. The minimum absolute atomic E-state index is 0. The molecule has 0 bridgehead atoms. The van der Waals surface area contributed by atoms with E-state index in [-0.39, 0.29) is 18.3 Å². The van der Waals surface area contributed by atoms with Gasteiger partial charge in [-0.2, -0.15) is 0 Å². The van der Waals surface area contributed by atoms with Gasteiger partial charge in [0.05, 0.1) is 5.54 Å². The van der Waals surface area contributed by atoms with Gasteiger partial charge in [-0.3, -0.25) is 4.79 Å². The van der Waals surface area contributed by atoms with Gasteiger partial charge in [0.1, 0.15) is 0 Å². The summed E-state index contributed by atoms with van der Waals surface area (Å²) in [7, 11) is 0. The number of hydrogen-bond donors (Lipinski definition) is 2. The first kappa shape index (κ1) is 19.4. The van der Waals surface area contributed by atoms with Crippen molar-refractivity contribution in [1.82, 2.24) is 5.32 Å². The van der Waals surface area contributed by atoms with Gasteiger partial charge < -0.3 is 15.8 Å². The van der Waals surface area contributed by atoms with E-state index in [0.717, 1.165) is 5.56 Å². The maximum Gasteiger partial charge on any atom is 0.240 e. The molecule has 0 aromatic heterocycles. The number of ether oxygens (including phenoxy) is 1. The molecule has 0 atom stereocenters. The number of amides is 1. The highest BCUT2D eigenvalue weighted by Gasteiger charge is 2.35. The van der Waals surface area contributed by atoms with E-state index in [1.165, 1.54) is 16.7 Å². The van der Waals surface area contributed by atoms with Crippen molar-refractivity contribution in [2.24, 2.45) is 5.73 Å². The number of nitrogens with one attached hydrogen (secondary N) is 1. The Hall–Kier alpha value is -1.88. The molecule has 0 unspecified atom stereocenters. The molecule has 1 heterocycles. The van der Waals surface area contributed by atoms with Crippen LogP contribution in [0.2, 0.25) is 0 Å². The summed E-state index contributed by atoms with van der Waals surface area (Å²) in [6.45, 7) is 3.68. The fraction of sp³-hybridized carbons (Fsp3) is 0.350. The zero-order valence-electron chi connectivity index (χ0n) is 14.5. The second-order valence-electron chi connectivity index (χ2n) is 6.52. The third kappa shape index (κ3) is 4.82. The third-order valence-corrected chi connectivity index (χ3v) is 4.60. The molecule has 0 radical (unpaired) electrons. The zero-order chi connectivity index (χ0) is 17.0. The Morgan fingerprint density at radius 1 is 1.12 bits per heavy atom. The first-order valence-electron chi connectivity index (χ1n) is 8.38. The van der Waals surface area contributed by atoms with E-state index >= 15 is 0 Å². The number of rotatable bonds is 4. The maximum atomic E-state index is 12.3. The van der Waals surface area contributed by atoms with E-state index in [0.29, 0.717) is 32.6 Å². The molecule has 4 nitrogen and oxygen atoms in total. The number of aryl methyl sites for hydroxylation is 1. The van der Waals surface area contributed by atoms with E-state index in [1.807, 2.05) is 12.1 Å². The summed E-state index contributed by atoms with van der Waals surface area (Å²) < 4.78 is 5.28. The first-order valence-corrected chi connectivity index (χ1v) is 8.38. The Morgan fingerprint density at radius 3 is 2.44 bits per heavy atom. The molecule has 5 heteroatoms. The molecule has 2 aromatic rings. The number of carbonyl (C=O) groups excluding carboxylic acids is 1. The summed E-state index contributed by atoms with van der Waals surface area (Å²) >= 11 is 0. The van der Waals surface area contributed by atoms with Crippen LogP contribution < -0.4 is 11.1 Å². The van der Waals surface area contributed by atoms with E-state index < -0.39 is 5.54 Å². The molecular weight excluding hydrogens is 336 g/mol. The molecule has 0 aliphatic carbocycles. The Morgan fingerprint density at radius 2 is 1.80 bits per heavy atom. The topological polar surface area (TPSA) is 64.4 Å². The summed E-state index contributed by atoms with van der Waals surface area (Å²) in [6, 6.07) is 16.7. The highest BCUT2D eigenvalue weighted by atomic mass is 35.5. The third-order valence-electron chi connectivity index (χ3n) is 4.60. The summed E-state index contributed by atoms with van der Waals surface area (Å²) in [5, 5.41) is 2.96. The van der Waals surface area contributed by atoms with Gasteiger partial charge in [0.15, 0.2) is 0 Å². The molecular formula is C20H25ClN2O2. The summed E-state index contributed by atoms with van der Waals surface area (Å²) in [5.41, 5.74) is 10.1. The van der Waals surface area contributed by atoms with Crippen LogP contribution in [0.15, 0.2) is 48.5 Å². The van der Waals surface area contributed by atoms with E-state index in [4.69, 9.17) is 10.5 Å². The molecule has 0 saturated carbocycles. The molecule has 1 aliphatic heterocycles. The number of carbonyl (C=O) groups is 1. The van der Waals surface area contributed by atoms with Crippen LogP contribution in [0, 0.1) is 6.92 Å². The van der Waals surface area contributed by atoms with Gasteiger partial charge in [-0.15, -0.1) is 12.4 Å². The van der Waals surface area contributed by atoms with E-state index in [9.17, 15) is 4.79 Å². The van der Waals surface area contributed by atoms with Crippen LogP contribution in [-0.2, 0) is 16.1 Å². The smallest absolute Gasteiger partial charge is 0.240 e. The van der Waals surface area contributed by atoms with Gasteiger partial charge in [-0.1, -0.05) is 54.1 Å². The number of hydrogen-bond acceptors (Lipinski definition) is 3. The van der Waals surface area contributed by atoms with Crippen molar-refractivity contribution < 1.29 is 9.53 Å². The molecule has 0 spiro atoms. The van der Waals surface area contributed by atoms with Gasteiger partial charge in [-0.05, 0) is 36.5 Å². The lowest BCUT2D eigenvalue weighted by molar-refractivity contribution is -0.129. The van der Waals surface area contributed by atoms with Crippen LogP contribution in [0.1, 0.15) is 24.0 Å². The predicted molar refractivity (Wildman–Crippen MR) is 103 cm³/mol. The van der Waals surface area contributed by atoms with Crippen LogP contribution in [0.3, 0.4) is 0 Å². The molecule has 3 rings (SSSR count). The molecule has 2 aromatic carbocycles. The minimum Gasteiger partial charge on any atom is -0.381 e. The quantitative estimate of drug-likeness (QED) is 0.880. The molecule has 134 valence electrons. The van der Waals surface area contributed by atoms with Gasteiger partial charge >= 0.3 is 0 Å². The van der Waals surface area contributed by atoms with Crippen molar-refractivity contribution >= 4 is 18.3 Å². The standard InChI is InChI=1S/C20H24N2O2.ClH/c1-15-3-2-4-18(13-15)17-7-5-16(6-8-17)14-22-19(23)20(21)9-11-24-12-10-20;/h2-8,13H,9-12,14,21H2,1H3,(H,22,23);1H. The lowest BCUT2D eigenvalue weighted by atomic mass is 9.90. The molecule has 1 amide bonds. The van der Waals surface area contributed by atoms with Gasteiger partial charge in [0.25, 0.3) is 0 Å². The summed E-state index contributed by atoms with van der Waals surface area (Å²) in [6.07, 6.45) is 1.15. The Bertz CT molecular complexity index is 710.